The molecule has 0 amide bonds. The van der Waals surface area contributed by atoms with Crippen molar-refractivity contribution in [1.82, 2.24) is 14.3 Å². The summed E-state index contributed by atoms with van der Waals surface area (Å²) in [6.45, 7) is 2.95. The van der Waals surface area contributed by atoms with Crippen molar-refractivity contribution in [2.75, 3.05) is 12.4 Å². The summed E-state index contributed by atoms with van der Waals surface area (Å²) in [5.41, 5.74) is 2.22. The van der Waals surface area contributed by atoms with Gasteiger partial charge in [-0.25, -0.2) is 4.98 Å². The number of aryl methyl sites for hydroxylation is 1. The van der Waals surface area contributed by atoms with Crippen LogP contribution in [-0.2, 0) is 16.0 Å². The van der Waals surface area contributed by atoms with Gasteiger partial charge in [-0.1, -0.05) is 25.5 Å². The monoisotopic (exact) mass is 371 g/mol. The van der Waals surface area contributed by atoms with E-state index in [2.05, 4.69) is 33.4 Å². The lowest BCUT2D eigenvalue weighted by Gasteiger charge is -2.21. The Hall–Kier alpha value is -1.92. The van der Waals surface area contributed by atoms with E-state index in [1.807, 2.05) is 24.5 Å². The molecule has 0 N–H and O–H groups in total. The van der Waals surface area contributed by atoms with Crippen LogP contribution in [0.25, 0.3) is 5.65 Å². The van der Waals surface area contributed by atoms with Gasteiger partial charge in [0.1, 0.15) is 11.7 Å². The van der Waals surface area contributed by atoms with Crippen molar-refractivity contribution >= 4 is 29.5 Å². The van der Waals surface area contributed by atoms with Crippen LogP contribution in [0, 0.1) is 0 Å². The molecule has 1 unspecified atom stereocenters. The molecule has 138 valence electrons. The average molecular weight is 372 g/mol. The molecule has 0 spiro atoms. The topological polar surface area (TPSA) is 54.7 Å². The van der Waals surface area contributed by atoms with Gasteiger partial charge in [-0.3, -0.25) is 14.5 Å². The number of nitrogens with zero attached hydrogens (tertiary/aromatic N) is 3. The third-order valence-corrected chi connectivity index (χ3v) is 5.88. The smallest absolute Gasteiger partial charge is 0.217 e. The van der Waals surface area contributed by atoms with E-state index in [4.69, 9.17) is 0 Å². The Kier molecular flexibility index (Phi) is 6.63. The van der Waals surface area contributed by atoms with Gasteiger partial charge in [0.05, 0.1) is 0 Å². The second kappa shape index (κ2) is 9.14. The SMILES string of the molecule is CCCC=C1SCN(CCCCc2cccc3nccn23)C1C(=O)C=O. The minimum atomic E-state index is -0.360. The first-order chi connectivity index (χ1) is 12.7. The van der Waals surface area contributed by atoms with Gasteiger partial charge in [-0.05, 0) is 37.8 Å². The van der Waals surface area contributed by atoms with E-state index in [1.165, 1.54) is 5.69 Å². The van der Waals surface area contributed by atoms with Gasteiger partial charge in [0.15, 0.2) is 6.29 Å². The molecule has 1 fully saturated rings. The molecular formula is C20H25N3O2S. The van der Waals surface area contributed by atoms with Crippen molar-refractivity contribution in [3.63, 3.8) is 0 Å². The van der Waals surface area contributed by atoms with Gasteiger partial charge in [-0.2, -0.15) is 0 Å². The highest BCUT2D eigenvalue weighted by molar-refractivity contribution is 8.03. The highest BCUT2D eigenvalue weighted by atomic mass is 32.2. The Balaban J connectivity index is 1.56. The maximum absolute atomic E-state index is 12.1. The first-order valence-corrected chi connectivity index (χ1v) is 10.2. The fourth-order valence-corrected chi connectivity index (χ4v) is 4.61. The number of carbonyl (C=O) groups excluding carboxylic acids is 2. The number of rotatable bonds is 9. The van der Waals surface area contributed by atoms with Crippen molar-refractivity contribution in [1.29, 1.82) is 0 Å². The predicted molar refractivity (Wildman–Crippen MR) is 105 cm³/mol. The number of hydrogen-bond donors (Lipinski definition) is 0. The van der Waals surface area contributed by atoms with Crippen LogP contribution in [0.2, 0.25) is 0 Å². The van der Waals surface area contributed by atoms with Gasteiger partial charge in [0.2, 0.25) is 5.78 Å². The summed E-state index contributed by atoms with van der Waals surface area (Å²) in [7, 11) is 0. The number of thioether (sulfide) groups is 1. The van der Waals surface area contributed by atoms with E-state index in [1.54, 1.807) is 11.8 Å². The van der Waals surface area contributed by atoms with Gasteiger partial charge < -0.3 is 4.40 Å². The van der Waals surface area contributed by atoms with Crippen LogP contribution < -0.4 is 0 Å². The Morgan fingerprint density at radius 1 is 1.38 bits per heavy atom. The molecule has 3 heterocycles. The number of carbonyl (C=O) groups is 2. The number of aromatic nitrogens is 2. The van der Waals surface area contributed by atoms with Crippen LogP contribution in [0.1, 0.15) is 38.3 Å². The number of imidazole rings is 1. The second-order valence-electron chi connectivity index (χ2n) is 6.53. The fraction of sp³-hybridized carbons (Fsp3) is 0.450. The molecule has 0 aliphatic carbocycles. The number of fused-ring (bicyclic) bond motifs is 1. The lowest BCUT2D eigenvalue weighted by Crippen LogP contribution is -2.38. The van der Waals surface area contributed by atoms with Crippen LogP contribution in [0.15, 0.2) is 41.6 Å². The summed E-state index contributed by atoms with van der Waals surface area (Å²) in [6.07, 6.45) is 11.4. The summed E-state index contributed by atoms with van der Waals surface area (Å²) in [4.78, 5) is 30.6. The van der Waals surface area contributed by atoms with E-state index in [-0.39, 0.29) is 11.8 Å². The number of pyridine rings is 1. The summed E-state index contributed by atoms with van der Waals surface area (Å²) in [6, 6.07) is 5.81. The molecule has 1 aliphatic rings. The molecule has 0 bridgehead atoms. The summed E-state index contributed by atoms with van der Waals surface area (Å²) in [5, 5.41) is 0. The van der Waals surface area contributed by atoms with Crippen LogP contribution in [-0.4, -0.2) is 44.8 Å². The average Bonchev–Trinajstić information content (AvgIpc) is 3.30. The number of allylic oxidation sites excluding steroid dienone is 1. The lowest BCUT2D eigenvalue weighted by molar-refractivity contribution is -0.132. The van der Waals surface area contributed by atoms with Gasteiger partial charge >= 0.3 is 0 Å². The van der Waals surface area contributed by atoms with E-state index < -0.39 is 0 Å². The zero-order valence-electron chi connectivity index (χ0n) is 15.1. The summed E-state index contributed by atoms with van der Waals surface area (Å²) in [5.74, 6) is 0.470. The van der Waals surface area contributed by atoms with Gasteiger partial charge in [-0.15, -0.1) is 11.8 Å². The molecule has 3 rings (SSSR count). The first kappa shape index (κ1) is 18.9. The number of hydrogen-bond acceptors (Lipinski definition) is 5. The zero-order valence-corrected chi connectivity index (χ0v) is 16.0. The van der Waals surface area contributed by atoms with Crippen molar-refractivity contribution in [3.05, 3.63) is 47.3 Å². The van der Waals surface area contributed by atoms with E-state index in [0.717, 1.165) is 55.1 Å². The Bertz CT molecular complexity index is 799. The molecule has 2 aromatic heterocycles. The lowest BCUT2D eigenvalue weighted by atomic mass is 10.1. The number of unbranched alkanes of at least 4 members (excludes halogenated alkanes) is 2. The molecule has 2 aromatic rings. The third kappa shape index (κ3) is 4.24. The van der Waals surface area contributed by atoms with Crippen LogP contribution >= 0.6 is 11.8 Å². The first-order valence-electron chi connectivity index (χ1n) is 9.21. The van der Waals surface area contributed by atoms with Crippen molar-refractivity contribution in [2.45, 2.75) is 45.1 Å². The van der Waals surface area contributed by atoms with E-state index in [0.29, 0.717) is 6.29 Å². The Morgan fingerprint density at radius 2 is 2.27 bits per heavy atom. The molecule has 0 aromatic carbocycles. The largest absolute Gasteiger partial charge is 0.304 e. The highest BCUT2D eigenvalue weighted by Crippen LogP contribution is 2.34. The number of Topliss-reactive ketones (excluding diaryl/α,β-unsaturated/α-hetero) is 1. The molecular weight excluding hydrogens is 346 g/mol. The quantitative estimate of drug-likeness (QED) is 0.384. The minimum Gasteiger partial charge on any atom is -0.304 e. The molecule has 0 radical (unpaired) electrons. The standard InChI is InChI=1S/C20H25N3O2S/c1-2-3-9-18-20(17(25)14-24)22(15-26-18)12-5-4-7-16-8-6-10-19-21-11-13-23(16)19/h6,8-11,13-14,20H,2-5,7,12,15H2,1H3. The number of ketones is 1. The molecule has 1 atom stereocenters. The molecule has 1 aliphatic heterocycles. The van der Waals surface area contributed by atoms with Crippen molar-refractivity contribution in [2.24, 2.45) is 0 Å². The maximum Gasteiger partial charge on any atom is 0.217 e. The van der Waals surface area contributed by atoms with Crippen LogP contribution in [0.4, 0.5) is 0 Å². The minimum absolute atomic E-state index is 0.319. The Morgan fingerprint density at radius 3 is 3.08 bits per heavy atom. The summed E-state index contributed by atoms with van der Waals surface area (Å²) >= 11 is 1.69. The van der Waals surface area contributed by atoms with E-state index >= 15 is 0 Å². The highest BCUT2D eigenvalue weighted by Gasteiger charge is 2.34. The van der Waals surface area contributed by atoms with Crippen molar-refractivity contribution in [3.8, 4) is 0 Å². The molecule has 26 heavy (non-hydrogen) atoms. The van der Waals surface area contributed by atoms with Crippen LogP contribution in [0.5, 0.6) is 0 Å². The zero-order chi connectivity index (χ0) is 18.4. The number of aldehydes is 1. The maximum atomic E-state index is 12.1. The van der Waals surface area contributed by atoms with Crippen molar-refractivity contribution < 1.29 is 9.59 Å². The van der Waals surface area contributed by atoms with E-state index in [9.17, 15) is 9.59 Å². The Labute approximate surface area is 158 Å². The van der Waals surface area contributed by atoms with Crippen LogP contribution in [0.3, 0.4) is 0 Å². The fourth-order valence-electron chi connectivity index (χ4n) is 3.36. The predicted octanol–water partition coefficient (Wildman–Crippen LogP) is 3.48. The van der Waals surface area contributed by atoms with Gasteiger partial charge in [0, 0.05) is 35.4 Å². The summed E-state index contributed by atoms with van der Waals surface area (Å²) < 4.78 is 2.12. The second-order valence-corrected chi connectivity index (χ2v) is 7.55. The molecule has 0 saturated carbocycles. The third-order valence-electron chi connectivity index (χ3n) is 4.69. The molecule has 1 saturated heterocycles. The normalized spacial score (nSPS) is 19.4. The molecule has 6 heteroatoms. The van der Waals surface area contributed by atoms with Gasteiger partial charge in [0.25, 0.3) is 0 Å². The molecule has 5 nitrogen and oxygen atoms in total.